The van der Waals surface area contributed by atoms with Crippen molar-refractivity contribution in [1.82, 2.24) is 0 Å². The van der Waals surface area contributed by atoms with E-state index in [0.29, 0.717) is 10.6 Å². The molecule has 1 saturated heterocycles. The Kier molecular flexibility index (Phi) is 5.22. The normalized spacial score (nSPS) is 19.1. The first-order chi connectivity index (χ1) is 9.16. The number of rotatable bonds is 5. The van der Waals surface area contributed by atoms with E-state index in [1.165, 1.54) is 12.8 Å². The van der Waals surface area contributed by atoms with Crippen LogP contribution in [0, 0.1) is 0 Å². The van der Waals surface area contributed by atoms with Crippen molar-refractivity contribution in [2.75, 3.05) is 18.5 Å². The first-order valence-corrected chi connectivity index (χ1v) is 7.34. The molecule has 2 rings (SSSR count). The van der Waals surface area contributed by atoms with E-state index in [-0.39, 0.29) is 5.56 Å². The molecular formula is C14H18BrNO3. The third kappa shape index (κ3) is 4.21. The molecule has 0 aromatic heterocycles. The minimum Gasteiger partial charge on any atom is -0.478 e. The molecule has 0 radical (unpaired) electrons. The van der Waals surface area contributed by atoms with E-state index in [0.717, 1.165) is 31.7 Å². The van der Waals surface area contributed by atoms with Gasteiger partial charge in [0.1, 0.15) is 0 Å². The largest absolute Gasteiger partial charge is 0.478 e. The number of nitrogens with one attached hydrogen (secondary N) is 1. The van der Waals surface area contributed by atoms with Gasteiger partial charge in [-0.2, -0.15) is 0 Å². The molecule has 0 aliphatic carbocycles. The predicted molar refractivity (Wildman–Crippen MR) is 77.8 cm³/mol. The molecule has 1 heterocycles. The van der Waals surface area contributed by atoms with Crippen molar-refractivity contribution in [3.63, 3.8) is 0 Å². The maximum atomic E-state index is 10.9. The van der Waals surface area contributed by atoms with Crippen molar-refractivity contribution >= 4 is 27.6 Å². The number of carboxylic acid groups (broad SMARTS) is 1. The average molecular weight is 328 g/mol. The zero-order valence-electron chi connectivity index (χ0n) is 10.7. The molecule has 1 aromatic carbocycles. The second-order valence-corrected chi connectivity index (χ2v) is 5.56. The Morgan fingerprint density at radius 2 is 2.32 bits per heavy atom. The molecule has 19 heavy (non-hydrogen) atoms. The fourth-order valence-corrected chi connectivity index (χ4v) is 2.76. The highest BCUT2D eigenvalue weighted by molar-refractivity contribution is 9.10. The molecule has 1 unspecified atom stereocenters. The molecule has 0 amide bonds. The van der Waals surface area contributed by atoms with Crippen molar-refractivity contribution in [3.05, 3.63) is 28.2 Å². The number of benzene rings is 1. The highest BCUT2D eigenvalue weighted by Crippen LogP contribution is 2.22. The minimum atomic E-state index is -0.922. The lowest BCUT2D eigenvalue weighted by atomic mass is 10.1. The van der Waals surface area contributed by atoms with E-state index in [2.05, 4.69) is 21.2 Å². The predicted octanol–water partition coefficient (Wildman–Crippen LogP) is 3.52. The van der Waals surface area contributed by atoms with Crippen LogP contribution in [0.3, 0.4) is 0 Å². The van der Waals surface area contributed by atoms with Crippen LogP contribution in [0.2, 0.25) is 0 Å². The van der Waals surface area contributed by atoms with Crippen LogP contribution in [0.15, 0.2) is 22.7 Å². The SMILES string of the molecule is O=C(O)c1ccc(NCCC2CCCCO2)cc1Br. The lowest BCUT2D eigenvalue weighted by Crippen LogP contribution is -2.22. The number of carbonyl (C=O) groups is 1. The minimum absolute atomic E-state index is 0.279. The molecular weight excluding hydrogens is 310 g/mol. The Morgan fingerprint density at radius 3 is 2.95 bits per heavy atom. The van der Waals surface area contributed by atoms with Crippen LogP contribution in [0.4, 0.5) is 5.69 Å². The van der Waals surface area contributed by atoms with Crippen molar-refractivity contribution < 1.29 is 14.6 Å². The second-order valence-electron chi connectivity index (χ2n) is 4.70. The van der Waals surface area contributed by atoms with Gasteiger partial charge in [-0.1, -0.05) is 0 Å². The highest BCUT2D eigenvalue weighted by atomic mass is 79.9. The van der Waals surface area contributed by atoms with Crippen molar-refractivity contribution in [1.29, 1.82) is 0 Å². The second kappa shape index (κ2) is 6.91. The Balaban J connectivity index is 1.82. The van der Waals surface area contributed by atoms with E-state index in [1.54, 1.807) is 18.2 Å². The summed E-state index contributed by atoms with van der Waals surface area (Å²) < 4.78 is 6.26. The summed E-state index contributed by atoms with van der Waals surface area (Å²) in [6.07, 6.45) is 4.92. The first kappa shape index (κ1) is 14.3. The third-order valence-corrected chi connectivity index (χ3v) is 3.93. The number of carboxylic acids is 1. The fraction of sp³-hybridized carbons (Fsp3) is 0.500. The van der Waals surface area contributed by atoms with Gasteiger partial charge in [-0.3, -0.25) is 0 Å². The van der Waals surface area contributed by atoms with Gasteiger partial charge < -0.3 is 15.2 Å². The summed E-state index contributed by atoms with van der Waals surface area (Å²) in [7, 11) is 0. The van der Waals surface area contributed by atoms with E-state index in [4.69, 9.17) is 9.84 Å². The van der Waals surface area contributed by atoms with E-state index < -0.39 is 5.97 Å². The van der Waals surface area contributed by atoms with E-state index >= 15 is 0 Å². The molecule has 5 heteroatoms. The molecule has 1 atom stereocenters. The Morgan fingerprint density at radius 1 is 1.47 bits per heavy atom. The quantitative estimate of drug-likeness (QED) is 0.868. The summed E-state index contributed by atoms with van der Waals surface area (Å²) in [6.45, 7) is 1.72. The number of hydrogen-bond donors (Lipinski definition) is 2. The summed E-state index contributed by atoms with van der Waals surface area (Å²) in [6, 6.07) is 5.19. The van der Waals surface area contributed by atoms with E-state index in [9.17, 15) is 4.79 Å². The Labute approximate surface area is 121 Å². The van der Waals surface area contributed by atoms with Crippen LogP contribution in [-0.2, 0) is 4.74 Å². The number of anilines is 1. The molecule has 1 fully saturated rings. The van der Waals surface area contributed by atoms with Crippen LogP contribution in [-0.4, -0.2) is 30.3 Å². The van der Waals surface area contributed by atoms with Gasteiger partial charge in [-0.15, -0.1) is 0 Å². The van der Waals surface area contributed by atoms with Gasteiger partial charge in [0.2, 0.25) is 0 Å². The topological polar surface area (TPSA) is 58.6 Å². The Bertz CT molecular complexity index is 444. The zero-order chi connectivity index (χ0) is 13.7. The van der Waals surface area contributed by atoms with Gasteiger partial charge >= 0.3 is 5.97 Å². The highest BCUT2D eigenvalue weighted by Gasteiger charge is 2.13. The number of ether oxygens (including phenoxy) is 1. The molecule has 4 nitrogen and oxygen atoms in total. The molecule has 1 aliphatic rings. The van der Waals surface area contributed by atoms with Crippen LogP contribution in [0.25, 0.3) is 0 Å². The molecule has 0 bridgehead atoms. The van der Waals surface area contributed by atoms with Gasteiger partial charge in [-0.05, 0) is 59.8 Å². The number of hydrogen-bond acceptors (Lipinski definition) is 3. The van der Waals surface area contributed by atoms with Crippen LogP contribution >= 0.6 is 15.9 Å². The molecule has 1 aromatic rings. The van der Waals surface area contributed by atoms with Gasteiger partial charge in [0.15, 0.2) is 0 Å². The molecule has 2 N–H and O–H groups in total. The third-order valence-electron chi connectivity index (χ3n) is 3.27. The lowest BCUT2D eigenvalue weighted by Gasteiger charge is -2.22. The molecule has 0 saturated carbocycles. The lowest BCUT2D eigenvalue weighted by molar-refractivity contribution is 0.0134. The van der Waals surface area contributed by atoms with E-state index in [1.807, 2.05) is 0 Å². The molecule has 104 valence electrons. The summed E-state index contributed by atoms with van der Waals surface area (Å²) in [5.41, 5.74) is 1.20. The van der Waals surface area contributed by atoms with Gasteiger partial charge in [0, 0.05) is 23.3 Å². The van der Waals surface area contributed by atoms with Crippen molar-refractivity contribution in [2.45, 2.75) is 31.8 Å². The summed E-state index contributed by atoms with van der Waals surface area (Å²) in [5.74, 6) is -0.922. The number of aromatic carboxylic acids is 1. The monoisotopic (exact) mass is 327 g/mol. The van der Waals surface area contributed by atoms with Gasteiger partial charge in [-0.25, -0.2) is 4.79 Å². The van der Waals surface area contributed by atoms with Crippen molar-refractivity contribution in [3.8, 4) is 0 Å². The molecule has 1 aliphatic heterocycles. The van der Waals surface area contributed by atoms with Crippen LogP contribution in [0.5, 0.6) is 0 Å². The summed E-state index contributed by atoms with van der Waals surface area (Å²) >= 11 is 3.27. The molecule has 0 spiro atoms. The smallest absolute Gasteiger partial charge is 0.336 e. The standard InChI is InChI=1S/C14H18BrNO3/c15-13-9-10(4-5-12(13)14(17)18)16-7-6-11-3-1-2-8-19-11/h4-5,9,11,16H,1-3,6-8H2,(H,17,18). The van der Waals surface area contributed by atoms with Crippen LogP contribution in [0.1, 0.15) is 36.0 Å². The summed E-state index contributed by atoms with van der Waals surface area (Å²) in [5, 5.41) is 12.2. The van der Waals surface area contributed by atoms with Crippen LogP contribution < -0.4 is 5.32 Å². The van der Waals surface area contributed by atoms with Gasteiger partial charge in [0.25, 0.3) is 0 Å². The maximum absolute atomic E-state index is 10.9. The maximum Gasteiger partial charge on any atom is 0.336 e. The first-order valence-electron chi connectivity index (χ1n) is 6.55. The summed E-state index contributed by atoms with van der Waals surface area (Å²) in [4.78, 5) is 10.9. The van der Waals surface area contributed by atoms with Crippen molar-refractivity contribution in [2.24, 2.45) is 0 Å². The number of halogens is 1. The Hall–Kier alpha value is -1.07. The van der Waals surface area contributed by atoms with Gasteiger partial charge in [0.05, 0.1) is 11.7 Å². The zero-order valence-corrected chi connectivity index (χ0v) is 12.3. The average Bonchev–Trinajstić information content (AvgIpc) is 2.39. The fourth-order valence-electron chi connectivity index (χ4n) is 2.21.